The zero-order valence-electron chi connectivity index (χ0n) is 22.6. The van der Waals surface area contributed by atoms with Crippen LogP contribution in [0.1, 0.15) is 32.1 Å². The molecule has 0 amide bonds. The second-order valence-electron chi connectivity index (χ2n) is 8.32. The number of ether oxygens (including phenoxy) is 5. The van der Waals surface area contributed by atoms with Crippen molar-refractivity contribution in [1.29, 1.82) is 0 Å². The van der Waals surface area contributed by atoms with E-state index in [0.29, 0.717) is 63.3 Å². The third kappa shape index (κ3) is 12.1. The van der Waals surface area contributed by atoms with Crippen molar-refractivity contribution in [1.82, 2.24) is 4.98 Å². The summed E-state index contributed by atoms with van der Waals surface area (Å²) in [6.45, 7) is 4.16. The van der Waals surface area contributed by atoms with Gasteiger partial charge >= 0.3 is 138 Å². The van der Waals surface area contributed by atoms with Crippen molar-refractivity contribution in [3.05, 3.63) is 65.0 Å². The minimum atomic E-state index is -1.46. The summed E-state index contributed by atoms with van der Waals surface area (Å²) in [5.74, 6) is -2.92. The molecule has 0 atom stereocenters. The fraction of sp³-hybridized carbons (Fsp3) is 0.370. The number of nitrogens with zero attached hydrogens (tertiary/aromatic N) is 1. The summed E-state index contributed by atoms with van der Waals surface area (Å²) in [5.41, 5.74) is 2.30. The van der Waals surface area contributed by atoms with E-state index in [1.807, 2.05) is 24.3 Å². The molecule has 3 heterocycles. The molecule has 3 aromatic rings. The molecule has 1 aliphatic heterocycles. The van der Waals surface area contributed by atoms with Gasteiger partial charge in [0.25, 0.3) is 0 Å². The zero-order chi connectivity index (χ0) is 26.7. The number of carboxylic acids is 2. The number of carbonyl (C=O) groups excluding carboxylic acids is 2. The minimum absolute atomic E-state index is 0. The summed E-state index contributed by atoms with van der Waals surface area (Å²) >= 11 is 1.39. The summed E-state index contributed by atoms with van der Waals surface area (Å²) in [7, 11) is 0. The van der Waals surface area contributed by atoms with Crippen LogP contribution in [0.2, 0.25) is 0 Å². The van der Waals surface area contributed by atoms with E-state index in [-0.39, 0.29) is 162 Å². The van der Waals surface area contributed by atoms with Gasteiger partial charge in [0.05, 0.1) is 89.4 Å². The number of aromatic carboxylic acids is 2. The molecule has 2 bridgehead atoms. The normalized spacial score (nSPS) is 15.5. The Bertz CT molecular complexity index is 1190. The molecule has 0 saturated carbocycles. The Morgan fingerprint density at radius 3 is 1.38 bits per heavy atom. The number of thiophene rings is 1. The molecule has 0 saturated heterocycles. The fourth-order valence-corrected chi connectivity index (χ4v) is 4.71. The predicted octanol–water partition coefficient (Wildman–Crippen LogP) is -4.69. The molecule has 1 aromatic carbocycles. The van der Waals surface area contributed by atoms with Gasteiger partial charge in [-0.1, -0.05) is 0 Å². The number of carbonyl (C=O) groups is 2. The van der Waals surface area contributed by atoms with Gasteiger partial charge in [0.15, 0.2) is 0 Å². The van der Waals surface area contributed by atoms with Gasteiger partial charge in [0, 0.05) is 9.75 Å². The van der Waals surface area contributed by atoms with Gasteiger partial charge in [-0.25, -0.2) is 0 Å². The van der Waals surface area contributed by atoms with E-state index < -0.39 is 11.9 Å². The third-order valence-electron chi connectivity index (χ3n) is 5.50. The van der Waals surface area contributed by atoms with Crippen LogP contribution in [-0.2, 0) is 36.9 Å². The smallest absolute Gasteiger partial charge is 0.545 e. The first-order valence-corrected chi connectivity index (χ1v) is 12.9. The van der Waals surface area contributed by atoms with Gasteiger partial charge in [0.2, 0.25) is 0 Å². The Hall–Kier alpha value is 0.914. The molecule has 13 heteroatoms. The molecule has 0 radical (unpaired) electrons. The molecule has 10 nitrogen and oxygen atoms in total. The molecule has 2 aromatic heterocycles. The number of hydrogen-bond donors (Lipinski definition) is 0. The van der Waals surface area contributed by atoms with Gasteiger partial charge in [-0.3, -0.25) is 4.98 Å². The summed E-state index contributed by atoms with van der Waals surface area (Å²) in [5, 5.41) is 22.8. The maximum Gasteiger partial charge on any atom is 1.00 e. The van der Waals surface area contributed by atoms with Crippen molar-refractivity contribution in [2.24, 2.45) is 0 Å². The van der Waals surface area contributed by atoms with Gasteiger partial charge in [-0.05, 0) is 64.7 Å². The van der Waals surface area contributed by atoms with E-state index in [9.17, 15) is 19.8 Å². The molecule has 0 aliphatic carbocycles. The second-order valence-corrected chi connectivity index (χ2v) is 9.40. The van der Waals surface area contributed by atoms with E-state index in [0.717, 1.165) is 27.9 Å². The predicted molar refractivity (Wildman–Crippen MR) is 133 cm³/mol. The Kier molecular flexibility index (Phi) is 18.6. The maximum absolute atomic E-state index is 11.4. The Labute approximate surface area is 354 Å². The number of carboxylic acid groups (broad SMARTS) is 2. The summed E-state index contributed by atoms with van der Waals surface area (Å²) in [6, 6.07) is 11.3. The minimum Gasteiger partial charge on any atom is -0.545 e. The molecule has 0 spiro atoms. The topological polar surface area (TPSA) is 139 Å². The molecule has 202 valence electrons. The van der Waals surface area contributed by atoms with Gasteiger partial charge < -0.3 is 43.5 Å². The van der Waals surface area contributed by atoms with E-state index >= 15 is 0 Å². The molecule has 0 fully saturated rings. The van der Waals surface area contributed by atoms with E-state index in [4.69, 9.17) is 23.7 Å². The molecule has 0 N–H and O–H groups in total. The van der Waals surface area contributed by atoms with E-state index in [2.05, 4.69) is 4.98 Å². The van der Waals surface area contributed by atoms with Gasteiger partial charge in [0.1, 0.15) is 0 Å². The van der Waals surface area contributed by atoms with Crippen molar-refractivity contribution >= 4 is 23.3 Å². The Morgan fingerprint density at radius 1 is 0.600 bits per heavy atom. The fourth-order valence-electron chi connectivity index (χ4n) is 3.72. The van der Waals surface area contributed by atoms with Crippen LogP contribution < -0.4 is 148 Å². The van der Waals surface area contributed by atoms with Crippen LogP contribution in [0.3, 0.4) is 0 Å². The first-order chi connectivity index (χ1) is 18.5. The second kappa shape index (κ2) is 20.0. The average molecular weight is 807 g/mol. The summed E-state index contributed by atoms with van der Waals surface area (Å²) in [4.78, 5) is 29.0. The van der Waals surface area contributed by atoms with Crippen LogP contribution in [0.5, 0.6) is 0 Å². The van der Waals surface area contributed by atoms with Crippen molar-refractivity contribution in [3.8, 4) is 20.9 Å². The van der Waals surface area contributed by atoms with Crippen molar-refractivity contribution < 1.29 is 181 Å². The largest absolute Gasteiger partial charge is 1.00 e. The standard InChI is InChI=1S/C27H29NO9S.2Cs/c29-26(30)20-11-18(12-21(13-20)27(31)32)24-1-2-25(38-24)19-14-22-16-36-9-7-34-5-3-33-4-6-35-8-10-37-17-23(15-19)28-22;;/h1-2,11-15H,3-10,16-17H2,(H,29,30)(H,31,32);;/q;2*+1/p-2. The monoisotopic (exact) mass is 807 g/mol. The van der Waals surface area contributed by atoms with Gasteiger partial charge in [-0.15, -0.1) is 11.3 Å². The molecule has 4 rings (SSSR count). The first-order valence-electron chi connectivity index (χ1n) is 12.1. The first kappa shape index (κ1) is 37.1. The molecule has 0 unspecified atom stereocenters. The van der Waals surface area contributed by atoms with Crippen LogP contribution in [-0.4, -0.2) is 69.8 Å². The van der Waals surface area contributed by atoms with Gasteiger partial charge in [-0.2, -0.15) is 0 Å². The zero-order valence-corrected chi connectivity index (χ0v) is 36.0. The SMILES string of the molecule is O=C([O-])c1cc(C(=O)[O-])cc(-c2ccc(-c3cc4nc(c3)COCCOCCOCCOCCOC4)s2)c1.[Cs+].[Cs+]. The molecular weight excluding hydrogens is 780 g/mol. The maximum atomic E-state index is 11.4. The van der Waals surface area contributed by atoms with E-state index in [1.165, 1.54) is 23.5 Å². The number of aromatic nitrogens is 1. The Morgan fingerprint density at radius 2 is 0.975 bits per heavy atom. The molecule has 1 aliphatic rings. The number of rotatable bonds is 4. The Balaban J connectivity index is 0.00000280. The quantitative estimate of drug-likeness (QED) is 0.253. The number of fused-ring (bicyclic) bond motifs is 2. The number of benzene rings is 1. The summed E-state index contributed by atoms with van der Waals surface area (Å²) in [6.07, 6.45) is 0. The molecular formula is C27H27Cs2NO9S. The van der Waals surface area contributed by atoms with Crippen molar-refractivity contribution in [2.75, 3.05) is 52.9 Å². The van der Waals surface area contributed by atoms with Crippen molar-refractivity contribution in [3.63, 3.8) is 0 Å². The number of pyridine rings is 1. The van der Waals surface area contributed by atoms with Crippen LogP contribution in [0, 0.1) is 0 Å². The van der Waals surface area contributed by atoms with Crippen LogP contribution in [0.15, 0.2) is 42.5 Å². The van der Waals surface area contributed by atoms with Crippen LogP contribution in [0.25, 0.3) is 20.9 Å². The molecule has 40 heavy (non-hydrogen) atoms. The van der Waals surface area contributed by atoms with Crippen molar-refractivity contribution in [2.45, 2.75) is 13.2 Å². The van der Waals surface area contributed by atoms with Crippen LogP contribution in [0.4, 0.5) is 0 Å². The van der Waals surface area contributed by atoms with Crippen LogP contribution >= 0.6 is 11.3 Å². The summed E-state index contributed by atoms with van der Waals surface area (Å²) < 4.78 is 27.9. The average Bonchev–Trinajstić information content (AvgIpc) is 3.41. The third-order valence-corrected chi connectivity index (χ3v) is 6.68. The van der Waals surface area contributed by atoms with E-state index in [1.54, 1.807) is 0 Å². The number of hydrogen-bond acceptors (Lipinski definition) is 11.